The Morgan fingerprint density at radius 2 is 1.55 bits per heavy atom. The lowest BCUT2D eigenvalue weighted by molar-refractivity contribution is 0.0228. The van der Waals surface area contributed by atoms with Crippen LogP contribution in [0.3, 0.4) is 0 Å². The van der Waals surface area contributed by atoms with Crippen LogP contribution in [0.1, 0.15) is 60.3 Å². The largest absolute Gasteiger partial charge is 0.315 e. The van der Waals surface area contributed by atoms with Crippen molar-refractivity contribution < 1.29 is 0 Å². The minimum absolute atomic E-state index is 0.462. The van der Waals surface area contributed by atoms with Crippen LogP contribution in [0.4, 0.5) is 0 Å². The molecule has 1 saturated heterocycles. The zero-order valence-electron chi connectivity index (χ0n) is 14.6. The van der Waals surface area contributed by atoms with Crippen LogP contribution < -0.4 is 5.32 Å². The van der Waals surface area contributed by atoms with Crippen molar-refractivity contribution in [3.8, 4) is 0 Å². The molecule has 2 rings (SSSR count). The molecule has 1 heterocycles. The molecule has 1 aliphatic carbocycles. The molecule has 0 bridgehead atoms. The minimum Gasteiger partial charge on any atom is -0.315 e. The number of likely N-dealkylation sites (N-methyl/N-ethyl adjacent to an activating group) is 1. The number of likely N-dealkylation sites (tertiary alicyclic amines) is 1. The fraction of sp³-hybridized carbons (Fsp3) is 1.00. The number of piperidine rings is 1. The van der Waals surface area contributed by atoms with Crippen LogP contribution in [-0.2, 0) is 0 Å². The van der Waals surface area contributed by atoms with E-state index in [4.69, 9.17) is 0 Å². The van der Waals surface area contributed by atoms with Crippen molar-refractivity contribution in [2.45, 2.75) is 72.4 Å². The molecular weight excluding hydrogens is 244 g/mol. The van der Waals surface area contributed by atoms with E-state index in [1.165, 1.54) is 38.8 Å². The second-order valence-corrected chi connectivity index (χ2v) is 8.74. The van der Waals surface area contributed by atoms with Gasteiger partial charge >= 0.3 is 0 Å². The lowest BCUT2D eigenvalue weighted by Crippen LogP contribution is -2.56. The molecule has 1 aliphatic heterocycles. The third-order valence-electron chi connectivity index (χ3n) is 5.78. The second kappa shape index (κ2) is 6.36. The molecular formula is C18H36N2. The smallest absolute Gasteiger partial charge is 0.0252 e. The summed E-state index contributed by atoms with van der Waals surface area (Å²) in [5, 5.41) is 3.61. The van der Waals surface area contributed by atoms with E-state index in [2.05, 4.69) is 51.9 Å². The van der Waals surface area contributed by atoms with Crippen LogP contribution in [0.15, 0.2) is 0 Å². The number of hydrogen-bond donors (Lipinski definition) is 1. The molecule has 1 N–H and O–H groups in total. The Labute approximate surface area is 126 Å². The molecule has 5 atom stereocenters. The molecule has 2 aliphatic rings. The summed E-state index contributed by atoms with van der Waals surface area (Å²) >= 11 is 0. The van der Waals surface area contributed by atoms with Gasteiger partial charge in [-0.25, -0.2) is 0 Å². The molecule has 0 spiro atoms. The van der Waals surface area contributed by atoms with Gasteiger partial charge in [0.15, 0.2) is 0 Å². The SMILES string of the molecule is CNC1CCC(C(C)(C)C)CC1N1CC(C)CC(C)C1. The van der Waals surface area contributed by atoms with Crippen LogP contribution in [0.5, 0.6) is 0 Å². The monoisotopic (exact) mass is 280 g/mol. The quantitative estimate of drug-likeness (QED) is 0.828. The Morgan fingerprint density at radius 1 is 0.950 bits per heavy atom. The highest BCUT2D eigenvalue weighted by atomic mass is 15.2. The Hall–Kier alpha value is -0.0800. The Kier molecular flexibility index (Phi) is 5.18. The lowest BCUT2D eigenvalue weighted by atomic mass is 9.69. The molecule has 0 aromatic carbocycles. The van der Waals surface area contributed by atoms with Gasteiger partial charge in [-0.1, -0.05) is 34.6 Å². The summed E-state index contributed by atoms with van der Waals surface area (Å²) in [6, 6.07) is 1.45. The van der Waals surface area contributed by atoms with Crippen LogP contribution in [0.25, 0.3) is 0 Å². The summed E-state index contributed by atoms with van der Waals surface area (Å²) in [5.41, 5.74) is 0.462. The molecule has 0 amide bonds. The van der Waals surface area contributed by atoms with Gasteiger partial charge in [0.1, 0.15) is 0 Å². The zero-order valence-corrected chi connectivity index (χ0v) is 14.6. The van der Waals surface area contributed by atoms with Crippen molar-refractivity contribution in [1.82, 2.24) is 10.2 Å². The van der Waals surface area contributed by atoms with Gasteiger partial charge in [0.25, 0.3) is 0 Å². The van der Waals surface area contributed by atoms with Gasteiger partial charge in [-0.15, -0.1) is 0 Å². The van der Waals surface area contributed by atoms with E-state index in [1.54, 1.807) is 0 Å². The predicted octanol–water partition coefficient (Wildman–Crippen LogP) is 3.77. The summed E-state index contributed by atoms with van der Waals surface area (Å²) in [4.78, 5) is 2.82. The third kappa shape index (κ3) is 3.76. The first-order chi connectivity index (χ1) is 9.31. The van der Waals surface area contributed by atoms with Crippen molar-refractivity contribution in [2.24, 2.45) is 23.2 Å². The maximum absolute atomic E-state index is 3.61. The number of nitrogens with zero attached hydrogens (tertiary/aromatic N) is 1. The van der Waals surface area contributed by atoms with Crippen LogP contribution in [-0.4, -0.2) is 37.1 Å². The summed E-state index contributed by atoms with van der Waals surface area (Å²) in [6.45, 7) is 14.8. The van der Waals surface area contributed by atoms with E-state index < -0.39 is 0 Å². The van der Waals surface area contributed by atoms with Gasteiger partial charge in [-0.05, 0) is 55.9 Å². The maximum Gasteiger partial charge on any atom is 0.0252 e. The van der Waals surface area contributed by atoms with Crippen molar-refractivity contribution in [3.05, 3.63) is 0 Å². The summed E-state index contributed by atoms with van der Waals surface area (Å²) in [5.74, 6) is 2.61. The van der Waals surface area contributed by atoms with E-state index in [0.29, 0.717) is 11.5 Å². The van der Waals surface area contributed by atoms with Crippen molar-refractivity contribution in [1.29, 1.82) is 0 Å². The molecule has 2 fully saturated rings. The molecule has 20 heavy (non-hydrogen) atoms. The van der Waals surface area contributed by atoms with Gasteiger partial charge in [0, 0.05) is 25.2 Å². The first kappa shape index (κ1) is 16.3. The molecule has 1 saturated carbocycles. The summed E-state index contributed by atoms with van der Waals surface area (Å²) in [6.07, 6.45) is 5.54. The Balaban J connectivity index is 2.08. The van der Waals surface area contributed by atoms with E-state index in [0.717, 1.165) is 23.8 Å². The summed E-state index contributed by atoms with van der Waals surface area (Å²) in [7, 11) is 2.16. The van der Waals surface area contributed by atoms with Gasteiger partial charge in [0.2, 0.25) is 0 Å². The first-order valence-electron chi connectivity index (χ1n) is 8.72. The maximum atomic E-state index is 3.61. The fourth-order valence-electron chi connectivity index (χ4n) is 4.66. The highest BCUT2D eigenvalue weighted by Crippen LogP contribution is 2.40. The van der Waals surface area contributed by atoms with Crippen molar-refractivity contribution in [2.75, 3.05) is 20.1 Å². The number of hydrogen-bond acceptors (Lipinski definition) is 2. The van der Waals surface area contributed by atoms with Crippen LogP contribution >= 0.6 is 0 Å². The second-order valence-electron chi connectivity index (χ2n) is 8.74. The van der Waals surface area contributed by atoms with E-state index in [1.807, 2.05) is 0 Å². The average Bonchev–Trinajstić information content (AvgIpc) is 2.35. The van der Waals surface area contributed by atoms with Gasteiger partial charge in [-0.3, -0.25) is 4.90 Å². The Morgan fingerprint density at radius 3 is 2.05 bits per heavy atom. The molecule has 118 valence electrons. The highest BCUT2D eigenvalue weighted by Gasteiger charge is 2.39. The number of rotatable bonds is 2. The molecule has 2 nitrogen and oxygen atoms in total. The topological polar surface area (TPSA) is 15.3 Å². The lowest BCUT2D eigenvalue weighted by Gasteiger charge is -2.49. The van der Waals surface area contributed by atoms with E-state index >= 15 is 0 Å². The normalized spacial score (nSPS) is 40.8. The van der Waals surface area contributed by atoms with Gasteiger partial charge in [-0.2, -0.15) is 0 Å². The third-order valence-corrected chi connectivity index (χ3v) is 5.78. The van der Waals surface area contributed by atoms with Gasteiger partial charge < -0.3 is 5.32 Å². The van der Waals surface area contributed by atoms with Crippen LogP contribution in [0.2, 0.25) is 0 Å². The molecule has 0 radical (unpaired) electrons. The minimum atomic E-state index is 0.462. The van der Waals surface area contributed by atoms with Crippen LogP contribution in [0, 0.1) is 23.2 Å². The molecule has 2 heteroatoms. The highest BCUT2D eigenvalue weighted by molar-refractivity contribution is 4.95. The number of nitrogens with one attached hydrogen (secondary N) is 1. The van der Waals surface area contributed by atoms with Gasteiger partial charge in [0.05, 0.1) is 0 Å². The molecule has 0 aromatic heterocycles. The zero-order chi connectivity index (χ0) is 14.9. The van der Waals surface area contributed by atoms with E-state index in [9.17, 15) is 0 Å². The van der Waals surface area contributed by atoms with Crippen molar-refractivity contribution >= 4 is 0 Å². The standard InChI is InChI=1S/C18H36N2/c1-13-9-14(2)12-20(11-13)17-10-15(18(3,4)5)7-8-16(17)19-6/h13-17,19H,7-12H2,1-6H3. The summed E-state index contributed by atoms with van der Waals surface area (Å²) < 4.78 is 0. The molecule has 0 aromatic rings. The average molecular weight is 280 g/mol. The van der Waals surface area contributed by atoms with Crippen molar-refractivity contribution in [3.63, 3.8) is 0 Å². The van der Waals surface area contributed by atoms with E-state index in [-0.39, 0.29) is 0 Å². The fourth-order valence-corrected chi connectivity index (χ4v) is 4.66. The molecule has 5 unspecified atom stereocenters. The predicted molar refractivity (Wildman–Crippen MR) is 87.9 cm³/mol. The first-order valence-corrected chi connectivity index (χ1v) is 8.72. The Bertz CT molecular complexity index is 297.